The Kier molecular flexibility index (Phi) is 2.02. The summed E-state index contributed by atoms with van der Waals surface area (Å²) in [5.41, 5.74) is 2.80. The molecule has 1 atom stereocenters. The summed E-state index contributed by atoms with van der Waals surface area (Å²) >= 11 is 0. The van der Waals surface area contributed by atoms with Crippen LogP contribution in [0.4, 0.5) is 4.48 Å². The third-order valence-electron chi connectivity index (χ3n) is 1.50. The SMILES string of the molecule is CC(C)(C)CC1NN=CN1F. The summed E-state index contributed by atoms with van der Waals surface area (Å²) in [7, 11) is 0. The van der Waals surface area contributed by atoms with Gasteiger partial charge in [0.05, 0.1) is 0 Å². The Morgan fingerprint density at radius 1 is 1.64 bits per heavy atom. The average Bonchev–Trinajstić information content (AvgIpc) is 2.12. The quantitative estimate of drug-likeness (QED) is 0.587. The minimum absolute atomic E-state index is 0.121. The van der Waals surface area contributed by atoms with E-state index in [0.29, 0.717) is 5.12 Å². The van der Waals surface area contributed by atoms with Crippen molar-refractivity contribution in [3.05, 3.63) is 0 Å². The molecule has 0 aliphatic carbocycles. The molecule has 0 saturated carbocycles. The maximum Gasteiger partial charge on any atom is 0.147 e. The highest BCUT2D eigenvalue weighted by Crippen LogP contribution is 2.23. The normalized spacial score (nSPS) is 24.0. The van der Waals surface area contributed by atoms with Crippen LogP contribution in [0.1, 0.15) is 27.2 Å². The van der Waals surface area contributed by atoms with Gasteiger partial charge in [-0.3, -0.25) is 5.43 Å². The molecule has 3 nitrogen and oxygen atoms in total. The second-order valence-electron chi connectivity index (χ2n) is 4.00. The summed E-state index contributed by atoms with van der Waals surface area (Å²) in [4.78, 5) is 0. The molecule has 0 fully saturated rings. The van der Waals surface area contributed by atoms with Crippen LogP contribution in [0.15, 0.2) is 5.10 Å². The Morgan fingerprint density at radius 3 is 2.64 bits per heavy atom. The predicted molar refractivity (Wildman–Crippen MR) is 42.4 cm³/mol. The van der Waals surface area contributed by atoms with Crippen LogP contribution in [0, 0.1) is 5.41 Å². The summed E-state index contributed by atoms with van der Waals surface area (Å²) in [6, 6.07) is 0. The van der Waals surface area contributed by atoms with E-state index in [0.717, 1.165) is 12.8 Å². The summed E-state index contributed by atoms with van der Waals surface area (Å²) in [6.07, 6.45) is 1.62. The first-order chi connectivity index (χ1) is 4.99. The van der Waals surface area contributed by atoms with Crippen molar-refractivity contribution in [1.29, 1.82) is 0 Å². The second-order valence-corrected chi connectivity index (χ2v) is 4.00. The van der Waals surface area contributed by atoms with Crippen LogP contribution in [-0.4, -0.2) is 17.6 Å². The first kappa shape index (κ1) is 8.30. The molecule has 11 heavy (non-hydrogen) atoms. The highest BCUT2D eigenvalue weighted by Gasteiger charge is 2.25. The van der Waals surface area contributed by atoms with E-state index in [-0.39, 0.29) is 11.6 Å². The smallest absolute Gasteiger partial charge is 0.147 e. The number of nitrogens with zero attached hydrogens (tertiary/aromatic N) is 2. The molecule has 0 amide bonds. The van der Waals surface area contributed by atoms with E-state index in [1.54, 1.807) is 0 Å². The van der Waals surface area contributed by atoms with Gasteiger partial charge in [-0.15, -0.1) is 0 Å². The molecule has 1 heterocycles. The molecule has 1 unspecified atom stereocenters. The van der Waals surface area contributed by atoms with Gasteiger partial charge in [0.1, 0.15) is 12.5 Å². The lowest BCUT2D eigenvalue weighted by Crippen LogP contribution is -2.35. The average molecular weight is 159 g/mol. The van der Waals surface area contributed by atoms with Gasteiger partial charge < -0.3 is 0 Å². The van der Waals surface area contributed by atoms with E-state index in [1.807, 2.05) is 0 Å². The monoisotopic (exact) mass is 159 g/mol. The van der Waals surface area contributed by atoms with Crippen molar-refractivity contribution in [2.75, 3.05) is 0 Å². The Labute approximate surface area is 66.2 Å². The molecule has 1 aliphatic heterocycles. The summed E-state index contributed by atoms with van der Waals surface area (Å²) < 4.78 is 12.7. The molecule has 0 aromatic carbocycles. The number of hydrazone groups is 1. The van der Waals surface area contributed by atoms with Gasteiger partial charge >= 0.3 is 0 Å². The molecule has 0 radical (unpaired) electrons. The Balaban J connectivity index is 2.40. The molecule has 0 aromatic heterocycles. The lowest BCUT2D eigenvalue weighted by molar-refractivity contribution is 0.0492. The van der Waals surface area contributed by atoms with Crippen LogP contribution in [-0.2, 0) is 0 Å². The van der Waals surface area contributed by atoms with Gasteiger partial charge in [-0.1, -0.05) is 25.3 Å². The van der Waals surface area contributed by atoms with Crippen molar-refractivity contribution in [1.82, 2.24) is 10.5 Å². The van der Waals surface area contributed by atoms with Crippen molar-refractivity contribution in [2.24, 2.45) is 10.5 Å². The van der Waals surface area contributed by atoms with Gasteiger partial charge in [-0.2, -0.15) is 10.2 Å². The molecular formula is C7H14FN3. The third-order valence-corrected chi connectivity index (χ3v) is 1.50. The summed E-state index contributed by atoms with van der Waals surface area (Å²) in [5, 5.41) is 4.21. The Bertz CT molecular complexity index is 162. The fourth-order valence-electron chi connectivity index (χ4n) is 1.02. The van der Waals surface area contributed by atoms with Crippen LogP contribution in [0.3, 0.4) is 0 Å². The van der Waals surface area contributed by atoms with Gasteiger partial charge in [-0.25, -0.2) is 0 Å². The molecule has 0 saturated heterocycles. The van der Waals surface area contributed by atoms with Gasteiger partial charge in [0, 0.05) is 0 Å². The Morgan fingerprint density at radius 2 is 2.27 bits per heavy atom. The van der Waals surface area contributed by atoms with E-state index in [1.165, 1.54) is 0 Å². The van der Waals surface area contributed by atoms with Gasteiger partial charge in [0.15, 0.2) is 0 Å². The number of nitrogens with one attached hydrogen (secondary N) is 1. The lowest BCUT2D eigenvalue weighted by atomic mass is 9.91. The molecule has 1 N–H and O–H groups in total. The number of rotatable bonds is 1. The predicted octanol–water partition coefficient (Wildman–Crippen LogP) is 1.48. The van der Waals surface area contributed by atoms with Crippen LogP contribution < -0.4 is 5.43 Å². The van der Waals surface area contributed by atoms with Gasteiger partial charge in [-0.05, 0) is 11.8 Å². The zero-order valence-corrected chi connectivity index (χ0v) is 7.13. The maximum absolute atomic E-state index is 12.7. The van der Waals surface area contributed by atoms with Gasteiger partial charge in [0.2, 0.25) is 0 Å². The van der Waals surface area contributed by atoms with Crippen molar-refractivity contribution < 1.29 is 4.48 Å². The minimum Gasteiger partial charge on any atom is -0.284 e. The van der Waals surface area contributed by atoms with Crippen molar-refractivity contribution >= 4 is 6.34 Å². The number of hydrogen-bond donors (Lipinski definition) is 1. The Hall–Kier alpha value is -0.800. The highest BCUT2D eigenvalue weighted by molar-refractivity contribution is 5.55. The standard InChI is InChI=1S/C7H14FN3/c1-7(2,3)4-6-10-9-5-11(6)8/h5-6,10H,4H2,1-3H3. The molecule has 1 rings (SSSR count). The molecule has 1 aliphatic rings. The zero-order valence-electron chi connectivity index (χ0n) is 7.13. The van der Waals surface area contributed by atoms with Crippen molar-refractivity contribution in [3.63, 3.8) is 0 Å². The second kappa shape index (κ2) is 2.68. The molecular weight excluding hydrogens is 145 g/mol. The van der Waals surface area contributed by atoms with E-state index < -0.39 is 0 Å². The first-order valence-electron chi connectivity index (χ1n) is 3.72. The molecule has 4 heteroatoms. The van der Waals surface area contributed by atoms with Crippen LogP contribution in [0.2, 0.25) is 0 Å². The van der Waals surface area contributed by atoms with E-state index in [2.05, 4.69) is 31.3 Å². The minimum atomic E-state index is -0.282. The maximum atomic E-state index is 12.7. The third kappa shape index (κ3) is 2.37. The zero-order chi connectivity index (χ0) is 8.48. The van der Waals surface area contributed by atoms with E-state index in [4.69, 9.17) is 0 Å². The fourth-order valence-corrected chi connectivity index (χ4v) is 1.02. The summed E-state index contributed by atoms with van der Waals surface area (Å²) in [5.74, 6) is 0. The van der Waals surface area contributed by atoms with Crippen molar-refractivity contribution in [3.8, 4) is 0 Å². The van der Waals surface area contributed by atoms with Crippen LogP contribution in [0.5, 0.6) is 0 Å². The van der Waals surface area contributed by atoms with E-state index >= 15 is 0 Å². The largest absolute Gasteiger partial charge is 0.284 e. The number of hydrogen-bond acceptors (Lipinski definition) is 3. The van der Waals surface area contributed by atoms with E-state index in [9.17, 15) is 4.48 Å². The molecule has 0 spiro atoms. The first-order valence-corrected chi connectivity index (χ1v) is 3.72. The molecule has 64 valence electrons. The molecule has 0 bridgehead atoms. The van der Waals surface area contributed by atoms with Gasteiger partial charge in [0.25, 0.3) is 0 Å². The van der Waals surface area contributed by atoms with Crippen LogP contribution in [0.25, 0.3) is 0 Å². The van der Waals surface area contributed by atoms with Crippen molar-refractivity contribution in [2.45, 2.75) is 33.4 Å². The topological polar surface area (TPSA) is 27.6 Å². The summed E-state index contributed by atoms with van der Waals surface area (Å²) in [6.45, 7) is 6.21. The molecule has 0 aromatic rings. The highest BCUT2D eigenvalue weighted by atomic mass is 19.2. The lowest BCUT2D eigenvalue weighted by Gasteiger charge is -2.24. The fraction of sp³-hybridized carbons (Fsp3) is 0.857. The number of halogens is 1. The van der Waals surface area contributed by atoms with Crippen LogP contribution >= 0.6 is 0 Å².